The van der Waals surface area contributed by atoms with Gasteiger partial charge in [0.25, 0.3) is 11.6 Å². The number of non-ortho nitro benzene ring substituents is 1. The van der Waals surface area contributed by atoms with Crippen molar-refractivity contribution < 1.29 is 28.2 Å². The van der Waals surface area contributed by atoms with Crippen molar-refractivity contribution in [3.63, 3.8) is 0 Å². The van der Waals surface area contributed by atoms with E-state index in [-0.39, 0.29) is 11.4 Å². The van der Waals surface area contributed by atoms with Gasteiger partial charge in [-0.05, 0) is 55.3 Å². The van der Waals surface area contributed by atoms with Crippen LogP contribution < -0.4 is 5.32 Å². The van der Waals surface area contributed by atoms with E-state index in [1.54, 1.807) is 27.7 Å². The number of methoxy groups -OCH3 is 1. The lowest BCUT2D eigenvalue weighted by Gasteiger charge is -2.56. The number of amides is 1. The van der Waals surface area contributed by atoms with Gasteiger partial charge in [-0.25, -0.2) is 9.00 Å². The summed E-state index contributed by atoms with van der Waals surface area (Å²) in [6, 6.07) is 3.92. The molecule has 0 bridgehead atoms. The Bertz CT molecular complexity index is 1130. The number of esters is 1. The Hall–Kier alpha value is -2.22. The van der Waals surface area contributed by atoms with Crippen LogP contribution in [0.2, 0.25) is 0 Å². The first kappa shape index (κ1) is 26.4. The van der Waals surface area contributed by atoms with Crippen LogP contribution in [0.4, 0.5) is 5.69 Å². The standard InChI is InChI=1S/C21H24BrN3O7S2/c1-12-11-33-19-21(31-5,18(27)24(19)16(12)17(26)32-20(2,3)4)23-8-9-34(30)15-7-6-13(25(28)29)10-14(15)22/h6-10,19,23H,11H2,1-5H3/t19-,21-,34?/m0/s1. The highest BCUT2D eigenvalue weighted by Gasteiger charge is 2.65. The molecule has 1 fully saturated rings. The molecular formula is C21H24BrN3O7S2. The van der Waals surface area contributed by atoms with Crippen molar-refractivity contribution in [3.8, 4) is 0 Å². The smallest absolute Gasteiger partial charge is 0.355 e. The number of nitrogens with zero attached hydrogens (tertiary/aromatic N) is 2. The summed E-state index contributed by atoms with van der Waals surface area (Å²) in [5, 5.41) is 14.6. The average Bonchev–Trinajstić information content (AvgIpc) is 2.74. The predicted molar refractivity (Wildman–Crippen MR) is 131 cm³/mol. The Morgan fingerprint density at radius 3 is 2.68 bits per heavy atom. The minimum Gasteiger partial charge on any atom is -0.455 e. The number of nitrogens with one attached hydrogen (secondary N) is 1. The van der Waals surface area contributed by atoms with Crippen LogP contribution in [0.1, 0.15) is 27.7 Å². The van der Waals surface area contributed by atoms with Gasteiger partial charge in [-0.1, -0.05) is 0 Å². The fourth-order valence-corrected chi connectivity index (χ4v) is 6.47. The van der Waals surface area contributed by atoms with E-state index in [2.05, 4.69) is 21.2 Å². The second-order valence-electron chi connectivity index (χ2n) is 8.53. The van der Waals surface area contributed by atoms with Gasteiger partial charge in [0, 0.05) is 41.1 Å². The van der Waals surface area contributed by atoms with Crippen molar-refractivity contribution in [2.75, 3.05) is 12.9 Å². The molecule has 0 radical (unpaired) electrons. The average molecular weight is 574 g/mol. The number of β-lactam (4-membered cyclic amide) rings is 1. The second kappa shape index (κ2) is 9.80. The van der Waals surface area contributed by atoms with Gasteiger partial charge in [0.2, 0.25) is 5.72 Å². The molecule has 1 N–H and O–H groups in total. The number of carbonyl (C=O) groups excluding carboxylic acids is 2. The third-order valence-corrected chi connectivity index (χ3v) is 8.52. The molecule has 0 aromatic heterocycles. The Labute approximate surface area is 211 Å². The van der Waals surface area contributed by atoms with Crippen molar-refractivity contribution in [1.82, 2.24) is 10.2 Å². The van der Waals surface area contributed by atoms with Crippen LogP contribution in [0.3, 0.4) is 0 Å². The highest BCUT2D eigenvalue weighted by atomic mass is 79.9. The number of hydrogen-bond acceptors (Lipinski definition) is 9. The number of nitro benzene ring substituents is 1. The zero-order chi connectivity index (χ0) is 25.4. The van der Waals surface area contributed by atoms with E-state index >= 15 is 0 Å². The first-order chi connectivity index (χ1) is 15.8. The van der Waals surface area contributed by atoms with Crippen LogP contribution in [0, 0.1) is 10.1 Å². The molecular weight excluding hydrogens is 550 g/mol. The maximum absolute atomic E-state index is 13.2. The number of rotatable bonds is 7. The number of halogens is 1. The van der Waals surface area contributed by atoms with Gasteiger partial charge < -0.3 is 14.8 Å². The molecule has 3 rings (SSSR count). The summed E-state index contributed by atoms with van der Waals surface area (Å²) in [7, 11) is -0.293. The minimum atomic E-state index is -1.67. The maximum Gasteiger partial charge on any atom is 0.355 e. The first-order valence-electron chi connectivity index (χ1n) is 10.0. The van der Waals surface area contributed by atoms with Gasteiger partial charge in [0.15, 0.2) is 0 Å². The molecule has 184 valence electrons. The molecule has 0 aliphatic carbocycles. The lowest BCUT2D eigenvalue weighted by atomic mass is 9.98. The van der Waals surface area contributed by atoms with Gasteiger partial charge in [0.05, 0.1) is 20.6 Å². The van der Waals surface area contributed by atoms with Gasteiger partial charge in [-0.3, -0.25) is 19.8 Å². The van der Waals surface area contributed by atoms with E-state index in [0.717, 1.165) is 5.57 Å². The van der Waals surface area contributed by atoms with E-state index in [9.17, 15) is 23.9 Å². The summed E-state index contributed by atoms with van der Waals surface area (Å²) in [6.45, 7) is 7.04. The molecule has 2 aliphatic heterocycles. The zero-order valence-electron chi connectivity index (χ0n) is 19.1. The topological polar surface area (TPSA) is 128 Å². The van der Waals surface area contributed by atoms with Gasteiger partial charge in [-0.2, -0.15) is 0 Å². The molecule has 34 heavy (non-hydrogen) atoms. The van der Waals surface area contributed by atoms with Crippen LogP contribution >= 0.6 is 27.7 Å². The number of hydrogen-bond donors (Lipinski definition) is 1. The van der Waals surface area contributed by atoms with Crippen molar-refractivity contribution >= 4 is 56.1 Å². The van der Waals surface area contributed by atoms with Crippen LogP contribution in [-0.4, -0.2) is 55.5 Å². The SMILES string of the molecule is CO[C@@]1(NC=CS(=O)c2ccc([N+](=O)[O-])cc2Br)C(=O)N2C(C(=O)OC(C)(C)C)=C(C)CS[C@H]21. The molecule has 0 saturated carbocycles. The van der Waals surface area contributed by atoms with Gasteiger partial charge in [0.1, 0.15) is 16.7 Å². The van der Waals surface area contributed by atoms with Crippen LogP contribution in [0.25, 0.3) is 0 Å². The highest BCUT2D eigenvalue weighted by molar-refractivity contribution is 9.10. The highest BCUT2D eigenvalue weighted by Crippen LogP contribution is 2.47. The van der Waals surface area contributed by atoms with E-state index < -0.39 is 44.3 Å². The number of fused-ring (bicyclic) bond motifs is 1. The van der Waals surface area contributed by atoms with E-state index in [1.807, 2.05) is 0 Å². The summed E-state index contributed by atoms with van der Waals surface area (Å²) in [6.07, 6.45) is 1.35. The van der Waals surface area contributed by atoms with Gasteiger partial charge >= 0.3 is 5.97 Å². The molecule has 1 aromatic rings. The van der Waals surface area contributed by atoms with Crippen LogP contribution in [0.5, 0.6) is 0 Å². The van der Waals surface area contributed by atoms with Crippen molar-refractivity contribution in [1.29, 1.82) is 0 Å². The Morgan fingerprint density at radius 2 is 2.12 bits per heavy atom. The summed E-state index contributed by atoms with van der Waals surface area (Å²) in [5.74, 6) is -0.548. The number of carbonyl (C=O) groups is 2. The fourth-order valence-electron chi connectivity index (χ4n) is 3.43. The Kier molecular flexibility index (Phi) is 7.60. The molecule has 13 heteroatoms. The summed E-state index contributed by atoms with van der Waals surface area (Å²) < 4.78 is 24.0. The molecule has 2 heterocycles. The monoisotopic (exact) mass is 573 g/mol. The largest absolute Gasteiger partial charge is 0.455 e. The number of thioether (sulfide) groups is 1. The molecule has 3 atom stereocenters. The molecule has 1 amide bonds. The quantitative estimate of drug-likeness (QED) is 0.171. The lowest BCUT2D eigenvalue weighted by Crippen LogP contribution is -2.79. The summed E-state index contributed by atoms with van der Waals surface area (Å²) in [4.78, 5) is 38.0. The lowest BCUT2D eigenvalue weighted by molar-refractivity contribution is -0.385. The predicted octanol–water partition coefficient (Wildman–Crippen LogP) is 3.40. The van der Waals surface area contributed by atoms with Crippen LogP contribution in [0.15, 0.2) is 50.4 Å². The zero-order valence-corrected chi connectivity index (χ0v) is 22.3. The van der Waals surface area contributed by atoms with Gasteiger partial charge in [-0.15, -0.1) is 11.8 Å². The third kappa shape index (κ3) is 4.92. The summed E-state index contributed by atoms with van der Waals surface area (Å²) >= 11 is 4.63. The molecule has 1 unspecified atom stereocenters. The first-order valence-corrected chi connectivity index (χ1v) is 13.1. The maximum atomic E-state index is 13.2. The third-order valence-electron chi connectivity index (χ3n) is 4.97. The summed E-state index contributed by atoms with van der Waals surface area (Å²) in [5.41, 5.74) is -1.36. The van der Waals surface area contributed by atoms with E-state index in [4.69, 9.17) is 9.47 Å². The van der Waals surface area contributed by atoms with E-state index in [0.29, 0.717) is 15.1 Å². The van der Waals surface area contributed by atoms with Crippen molar-refractivity contribution in [2.45, 2.75) is 49.3 Å². The Morgan fingerprint density at radius 1 is 1.44 bits per heavy atom. The molecule has 10 nitrogen and oxygen atoms in total. The number of ether oxygens (including phenoxy) is 2. The number of benzene rings is 1. The minimum absolute atomic E-state index is 0.133. The van der Waals surface area contributed by atoms with Crippen LogP contribution in [-0.2, 0) is 29.9 Å². The molecule has 1 saturated heterocycles. The van der Waals surface area contributed by atoms with Crippen molar-refractivity contribution in [3.05, 3.63) is 55.7 Å². The number of nitro groups is 1. The Balaban J connectivity index is 1.77. The molecule has 0 spiro atoms. The fraction of sp³-hybridized carbons (Fsp3) is 0.429. The normalized spacial score (nSPS) is 23.4. The molecule has 1 aromatic carbocycles. The molecule has 2 aliphatic rings. The van der Waals surface area contributed by atoms with E-state index in [1.165, 1.54) is 53.6 Å². The van der Waals surface area contributed by atoms with Crippen molar-refractivity contribution in [2.24, 2.45) is 0 Å². The second-order valence-corrected chi connectivity index (χ2v) is 11.8.